The number of nitrogens with zero attached hydrogens (tertiary/aromatic N) is 2. The van der Waals surface area contributed by atoms with E-state index in [9.17, 15) is 4.79 Å². The first-order valence-corrected chi connectivity index (χ1v) is 9.39. The Balaban J connectivity index is 1.39. The average Bonchev–Trinajstić information content (AvgIpc) is 3.37. The van der Waals surface area contributed by atoms with Gasteiger partial charge in [-0.1, -0.05) is 30.3 Å². The van der Waals surface area contributed by atoms with Gasteiger partial charge < -0.3 is 14.7 Å². The van der Waals surface area contributed by atoms with Crippen LogP contribution in [0.2, 0.25) is 0 Å². The van der Waals surface area contributed by atoms with Crippen molar-refractivity contribution in [3.8, 4) is 0 Å². The topological polar surface area (TPSA) is 74.2 Å². The number of H-pyrrole nitrogens is 1. The SMILES string of the molecule is O=C(NCc1ccco1)C1Cc2nc[nH]c2CN1CCCc1ccccc1. The van der Waals surface area contributed by atoms with Crippen molar-refractivity contribution >= 4 is 5.91 Å². The third-order valence-corrected chi connectivity index (χ3v) is 5.07. The fraction of sp³-hybridized carbons (Fsp3) is 0.333. The fourth-order valence-corrected chi connectivity index (χ4v) is 3.62. The molecule has 1 aliphatic heterocycles. The lowest BCUT2D eigenvalue weighted by molar-refractivity contribution is -0.127. The van der Waals surface area contributed by atoms with Crippen LogP contribution < -0.4 is 5.32 Å². The van der Waals surface area contributed by atoms with Crippen LogP contribution >= 0.6 is 0 Å². The van der Waals surface area contributed by atoms with Gasteiger partial charge in [-0.3, -0.25) is 9.69 Å². The molecule has 0 saturated heterocycles. The maximum atomic E-state index is 12.8. The van der Waals surface area contributed by atoms with Crippen molar-refractivity contribution in [3.05, 3.63) is 77.8 Å². The number of carbonyl (C=O) groups is 1. The highest BCUT2D eigenvalue weighted by Gasteiger charge is 2.32. The first-order valence-electron chi connectivity index (χ1n) is 9.39. The molecule has 0 spiro atoms. The van der Waals surface area contributed by atoms with Crippen molar-refractivity contribution in [2.24, 2.45) is 0 Å². The molecule has 0 saturated carbocycles. The second-order valence-electron chi connectivity index (χ2n) is 6.90. The van der Waals surface area contributed by atoms with Gasteiger partial charge in [0.25, 0.3) is 0 Å². The third-order valence-electron chi connectivity index (χ3n) is 5.07. The zero-order chi connectivity index (χ0) is 18.5. The maximum Gasteiger partial charge on any atom is 0.238 e. The summed E-state index contributed by atoms with van der Waals surface area (Å²) in [6.45, 7) is 2.00. The molecule has 2 aromatic heterocycles. The van der Waals surface area contributed by atoms with Gasteiger partial charge in [-0.15, -0.1) is 0 Å². The van der Waals surface area contributed by atoms with Crippen LogP contribution in [0.25, 0.3) is 0 Å². The Morgan fingerprint density at radius 3 is 2.96 bits per heavy atom. The Morgan fingerprint density at radius 1 is 1.26 bits per heavy atom. The molecule has 4 rings (SSSR count). The second kappa shape index (κ2) is 8.22. The van der Waals surface area contributed by atoms with Gasteiger partial charge in [-0.2, -0.15) is 0 Å². The van der Waals surface area contributed by atoms with Crippen LogP contribution in [0.15, 0.2) is 59.5 Å². The largest absolute Gasteiger partial charge is 0.467 e. The van der Waals surface area contributed by atoms with Crippen LogP contribution in [-0.2, 0) is 30.7 Å². The number of aromatic amines is 1. The first-order chi connectivity index (χ1) is 13.3. The normalized spacial score (nSPS) is 16.8. The average molecular weight is 364 g/mol. The number of aryl methyl sites for hydroxylation is 1. The number of rotatable bonds is 7. The molecule has 0 fully saturated rings. The number of fused-ring (bicyclic) bond motifs is 1. The van der Waals surface area contributed by atoms with Gasteiger partial charge in [-0.05, 0) is 37.1 Å². The van der Waals surface area contributed by atoms with Crippen LogP contribution in [0, 0.1) is 0 Å². The summed E-state index contributed by atoms with van der Waals surface area (Å²) in [4.78, 5) is 22.7. The molecular weight excluding hydrogens is 340 g/mol. The van der Waals surface area contributed by atoms with Gasteiger partial charge in [0, 0.05) is 13.0 Å². The molecule has 2 N–H and O–H groups in total. The maximum absolute atomic E-state index is 12.8. The van der Waals surface area contributed by atoms with Gasteiger partial charge in [0.05, 0.1) is 36.6 Å². The number of amides is 1. The summed E-state index contributed by atoms with van der Waals surface area (Å²) in [5.41, 5.74) is 3.44. The predicted molar refractivity (Wildman–Crippen MR) is 102 cm³/mol. The quantitative estimate of drug-likeness (QED) is 0.676. The number of nitrogens with one attached hydrogen (secondary N) is 2. The highest BCUT2D eigenvalue weighted by molar-refractivity contribution is 5.82. The fourth-order valence-electron chi connectivity index (χ4n) is 3.62. The lowest BCUT2D eigenvalue weighted by Gasteiger charge is -2.34. The monoisotopic (exact) mass is 364 g/mol. The molecule has 1 aliphatic rings. The van der Waals surface area contributed by atoms with E-state index in [4.69, 9.17) is 4.42 Å². The highest BCUT2D eigenvalue weighted by atomic mass is 16.3. The molecule has 6 nitrogen and oxygen atoms in total. The molecule has 0 radical (unpaired) electrons. The molecule has 6 heteroatoms. The number of carbonyl (C=O) groups excluding carboxylic acids is 1. The van der Waals surface area contributed by atoms with E-state index in [-0.39, 0.29) is 11.9 Å². The summed E-state index contributed by atoms with van der Waals surface area (Å²) in [5, 5.41) is 3.00. The van der Waals surface area contributed by atoms with Crippen LogP contribution in [0.3, 0.4) is 0 Å². The van der Waals surface area contributed by atoms with Gasteiger partial charge in [-0.25, -0.2) is 4.98 Å². The van der Waals surface area contributed by atoms with E-state index in [0.29, 0.717) is 13.0 Å². The number of hydrogen-bond acceptors (Lipinski definition) is 4. The van der Waals surface area contributed by atoms with Crippen LogP contribution in [-0.4, -0.2) is 33.4 Å². The molecule has 3 aromatic rings. The molecule has 1 amide bonds. The van der Waals surface area contributed by atoms with Crippen molar-refractivity contribution in [1.82, 2.24) is 20.2 Å². The number of furan rings is 1. The summed E-state index contributed by atoms with van der Waals surface area (Å²) in [7, 11) is 0. The van der Waals surface area contributed by atoms with Crippen LogP contribution in [0.5, 0.6) is 0 Å². The Hall–Kier alpha value is -2.86. The first kappa shape index (κ1) is 17.5. The summed E-state index contributed by atoms with van der Waals surface area (Å²) in [6.07, 6.45) is 5.99. The van der Waals surface area contributed by atoms with Crippen LogP contribution in [0.1, 0.15) is 29.1 Å². The van der Waals surface area contributed by atoms with E-state index >= 15 is 0 Å². The lowest BCUT2D eigenvalue weighted by Crippen LogP contribution is -2.50. The van der Waals surface area contributed by atoms with E-state index in [0.717, 1.165) is 43.1 Å². The van der Waals surface area contributed by atoms with Gasteiger partial charge in [0.2, 0.25) is 5.91 Å². The van der Waals surface area contributed by atoms with E-state index < -0.39 is 0 Å². The molecule has 140 valence electrons. The number of aromatic nitrogens is 2. The van der Waals surface area contributed by atoms with Crippen molar-refractivity contribution in [3.63, 3.8) is 0 Å². The molecular formula is C21H24N4O2. The summed E-state index contributed by atoms with van der Waals surface area (Å²) < 4.78 is 5.31. The Morgan fingerprint density at radius 2 is 2.15 bits per heavy atom. The molecule has 1 atom stereocenters. The number of benzene rings is 1. The third kappa shape index (κ3) is 4.28. The van der Waals surface area contributed by atoms with E-state index in [1.165, 1.54) is 5.56 Å². The van der Waals surface area contributed by atoms with Gasteiger partial charge >= 0.3 is 0 Å². The molecule has 0 aliphatic carbocycles. The zero-order valence-corrected chi connectivity index (χ0v) is 15.2. The van der Waals surface area contributed by atoms with Crippen molar-refractivity contribution in [1.29, 1.82) is 0 Å². The zero-order valence-electron chi connectivity index (χ0n) is 15.2. The van der Waals surface area contributed by atoms with Crippen molar-refractivity contribution in [2.45, 2.75) is 38.4 Å². The van der Waals surface area contributed by atoms with Crippen LogP contribution in [0.4, 0.5) is 0 Å². The summed E-state index contributed by atoms with van der Waals surface area (Å²) in [5.74, 6) is 0.787. The Labute approximate surface area is 158 Å². The minimum absolute atomic E-state index is 0.0276. The minimum atomic E-state index is -0.202. The van der Waals surface area contributed by atoms with Gasteiger partial charge in [0.15, 0.2) is 0 Å². The standard InChI is InChI=1S/C21H24N4O2/c26-21(22-13-17-9-5-11-27-17)20-12-18-19(24-15-23-18)14-25(20)10-4-8-16-6-2-1-3-7-16/h1-3,5-7,9,11,15,20H,4,8,10,12-14H2,(H,22,26)(H,23,24). The number of hydrogen-bond donors (Lipinski definition) is 2. The Bertz CT molecular complexity index is 857. The van der Waals surface area contributed by atoms with Crippen molar-refractivity contribution < 1.29 is 9.21 Å². The van der Waals surface area contributed by atoms with Crippen molar-refractivity contribution in [2.75, 3.05) is 6.54 Å². The highest BCUT2D eigenvalue weighted by Crippen LogP contribution is 2.21. The minimum Gasteiger partial charge on any atom is -0.467 e. The van der Waals surface area contributed by atoms with E-state index in [1.54, 1.807) is 12.6 Å². The number of imidazole rings is 1. The van der Waals surface area contributed by atoms with E-state index in [1.807, 2.05) is 18.2 Å². The lowest BCUT2D eigenvalue weighted by atomic mass is 10.0. The molecule has 27 heavy (non-hydrogen) atoms. The molecule has 0 bridgehead atoms. The molecule has 1 aromatic carbocycles. The molecule has 1 unspecified atom stereocenters. The second-order valence-corrected chi connectivity index (χ2v) is 6.90. The summed E-state index contributed by atoms with van der Waals surface area (Å²) >= 11 is 0. The molecule has 3 heterocycles. The van der Waals surface area contributed by atoms with Gasteiger partial charge in [0.1, 0.15) is 5.76 Å². The Kier molecular flexibility index (Phi) is 5.34. The van der Waals surface area contributed by atoms with E-state index in [2.05, 4.69) is 44.5 Å². The summed E-state index contributed by atoms with van der Waals surface area (Å²) in [6, 6.07) is 14.0. The predicted octanol–water partition coefficient (Wildman–Crippen LogP) is 2.68. The smallest absolute Gasteiger partial charge is 0.238 e.